The minimum absolute atomic E-state index is 0.0509. The smallest absolute Gasteiger partial charge is 0.314 e. The number of hydrogen-bond donors (Lipinski definition) is 2. The van der Waals surface area contributed by atoms with Gasteiger partial charge in [0.2, 0.25) is 12.8 Å². The zero-order valence-electron chi connectivity index (χ0n) is 23.2. The van der Waals surface area contributed by atoms with E-state index in [1.54, 1.807) is 24.0 Å². The van der Waals surface area contributed by atoms with Gasteiger partial charge in [0.25, 0.3) is 5.69 Å². The third-order valence-electron chi connectivity index (χ3n) is 8.26. The van der Waals surface area contributed by atoms with E-state index in [1.807, 2.05) is 37.3 Å². The van der Waals surface area contributed by atoms with Crippen LogP contribution in [0.15, 0.2) is 71.0 Å². The number of nitrogens with zero attached hydrogens (tertiary/aromatic N) is 4. The molecule has 216 valence electrons. The summed E-state index contributed by atoms with van der Waals surface area (Å²) >= 11 is 0. The monoisotopic (exact) mass is 561 g/mol. The highest BCUT2D eigenvalue weighted by atomic mass is 16.6. The van der Waals surface area contributed by atoms with Crippen LogP contribution in [0.5, 0.6) is 0 Å². The van der Waals surface area contributed by atoms with E-state index in [-0.39, 0.29) is 5.69 Å². The number of carboxylic acid groups (broad SMARTS) is 1. The number of nitro groups is 1. The predicted octanol–water partition coefficient (Wildman–Crippen LogP) is 3.47. The van der Waals surface area contributed by atoms with Crippen molar-refractivity contribution in [1.29, 1.82) is 0 Å². The largest absolute Gasteiger partial charge is 0.481 e. The summed E-state index contributed by atoms with van der Waals surface area (Å²) in [6.45, 7) is 5.94. The number of hydrogen-bond acceptors (Lipinski definition) is 7. The van der Waals surface area contributed by atoms with Gasteiger partial charge in [0.05, 0.1) is 33.7 Å². The summed E-state index contributed by atoms with van der Waals surface area (Å²) in [6, 6.07) is 15.0. The van der Waals surface area contributed by atoms with Gasteiger partial charge in [-0.05, 0) is 63.9 Å². The molecule has 2 heterocycles. The Morgan fingerprint density at radius 3 is 2.37 bits per heavy atom. The van der Waals surface area contributed by atoms with Gasteiger partial charge in [0.1, 0.15) is 0 Å². The number of piperidine rings is 1. The Labute approximate surface area is 238 Å². The van der Waals surface area contributed by atoms with Gasteiger partial charge in [-0.25, -0.2) is 0 Å². The van der Waals surface area contributed by atoms with Gasteiger partial charge in [0.15, 0.2) is 0 Å². The average molecular weight is 562 g/mol. The minimum atomic E-state index is -0.898. The second kappa shape index (κ2) is 12.9. The van der Waals surface area contributed by atoms with Crippen molar-refractivity contribution in [3.8, 4) is 0 Å². The molecule has 11 nitrogen and oxygen atoms in total. The number of allylic oxidation sites excluding steroid dienone is 1. The molecule has 0 aromatic heterocycles. The van der Waals surface area contributed by atoms with Crippen LogP contribution < -0.4 is 5.32 Å². The maximum absolute atomic E-state index is 12.4. The molecule has 0 radical (unpaired) electrons. The first-order chi connectivity index (χ1) is 19.7. The number of rotatable bonds is 12. The van der Waals surface area contributed by atoms with Crippen LogP contribution in [0.2, 0.25) is 0 Å². The Hall–Kier alpha value is -4.38. The molecule has 2 aliphatic heterocycles. The molecule has 0 saturated carbocycles. The summed E-state index contributed by atoms with van der Waals surface area (Å²) in [4.78, 5) is 55.4. The van der Waals surface area contributed by atoms with Gasteiger partial charge in [-0.1, -0.05) is 42.5 Å². The molecule has 0 spiro atoms. The van der Waals surface area contributed by atoms with Gasteiger partial charge in [-0.3, -0.25) is 29.5 Å². The van der Waals surface area contributed by atoms with E-state index in [9.17, 15) is 29.6 Å². The quantitative estimate of drug-likeness (QED) is 0.229. The van der Waals surface area contributed by atoms with Gasteiger partial charge in [-0.2, -0.15) is 0 Å². The summed E-state index contributed by atoms with van der Waals surface area (Å²) in [6.07, 6.45) is 3.00. The zero-order valence-corrected chi connectivity index (χ0v) is 23.2. The molecule has 11 heteroatoms. The topological polar surface area (TPSA) is 145 Å². The van der Waals surface area contributed by atoms with Crippen LogP contribution in [0.3, 0.4) is 0 Å². The van der Waals surface area contributed by atoms with Crippen molar-refractivity contribution >= 4 is 30.2 Å². The Morgan fingerprint density at radius 2 is 1.80 bits per heavy atom. The number of amides is 2. The molecule has 41 heavy (non-hydrogen) atoms. The number of likely N-dealkylation sites (tertiary alicyclic amines) is 1. The second-order valence-electron chi connectivity index (χ2n) is 10.6. The standard InChI is InChI=1S/C30H35N5O6/c1-21-27(31-19-36)26(23-9-11-25(12-10-23)35(40)41)28(22(2)32-21)34(20-37)16-6-15-33-17-13-30(14-18-33,29(38)39)24-7-4-3-5-8-24/h3-5,7-12,19-20,26-27H,6,13-18H2,1-2H3,(H,31,36)(H,38,39). The Bertz CT molecular complexity index is 1330. The van der Waals surface area contributed by atoms with E-state index in [4.69, 9.17) is 0 Å². The molecule has 4 rings (SSSR count). The lowest BCUT2D eigenvalue weighted by atomic mass is 9.73. The average Bonchev–Trinajstić information content (AvgIpc) is 2.98. The van der Waals surface area contributed by atoms with Crippen LogP contribution in [0.25, 0.3) is 0 Å². The van der Waals surface area contributed by atoms with Crippen molar-refractivity contribution < 1.29 is 24.4 Å². The van der Waals surface area contributed by atoms with Crippen molar-refractivity contribution in [1.82, 2.24) is 15.1 Å². The molecule has 2 aromatic rings. The summed E-state index contributed by atoms with van der Waals surface area (Å²) in [5, 5.41) is 24.1. The highest BCUT2D eigenvalue weighted by molar-refractivity contribution is 5.92. The molecule has 2 aromatic carbocycles. The summed E-state index contributed by atoms with van der Waals surface area (Å²) in [5.74, 6) is -1.28. The maximum atomic E-state index is 12.4. The SMILES string of the molecule is CC1=NC(C)=C(N(C=O)CCCN2CCC(C(=O)O)(c3ccccc3)CC2)C(c2ccc([N+](=O)[O-])cc2)C1NC=O. The Kier molecular flexibility index (Phi) is 9.28. The maximum Gasteiger partial charge on any atom is 0.314 e. The number of benzene rings is 2. The molecule has 2 N–H and O–H groups in total. The highest BCUT2D eigenvalue weighted by Gasteiger charge is 2.43. The fourth-order valence-electron chi connectivity index (χ4n) is 6.08. The third kappa shape index (κ3) is 6.19. The van der Waals surface area contributed by atoms with Crippen LogP contribution in [0.4, 0.5) is 5.69 Å². The molecule has 1 saturated heterocycles. The fourth-order valence-corrected chi connectivity index (χ4v) is 6.08. The van der Waals surface area contributed by atoms with Crippen molar-refractivity contribution in [2.45, 2.75) is 50.5 Å². The molecule has 1 fully saturated rings. The van der Waals surface area contributed by atoms with E-state index in [2.05, 4.69) is 15.2 Å². The number of carboxylic acids is 1. The lowest BCUT2D eigenvalue weighted by Crippen LogP contribution is -2.48. The lowest BCUT2D eigenvalue weighted by Gasteiger charge is -2.40. The number of aliphatic carboxylic acids is 1. The van der Waals surface area contributed by atoms with E-state index < -0.39 is 28.3 Å². The second-order valence-corrected chi connectivity index (χ2v) is 10.6. The molecule has 2 aliphatic rings. The van der Waals surface area contributed by atoms with Crippen LogP contribution >= 0.6 is 0 Å². The van der Waals surface area contributed by atoms with Crippen molar-refractivity contribution in [3.63, 3.8) is 0 Å². The molecular weight excluding hydrogens is 526 g/mol. The minimum Gasteiger partial charge on any atom is -0.481 e. The normalized spacial score (nSPS) is 20.6. The molecule has 2 unspecified atom stereocenters. The number of nitrogens with one attached hydrogen (secondary N) is 1. The highest BCUT2D eigenvalue weighted by Crippen LogP contribution is 2.38. The Morgan fingerprint density at radius 1 is 1.15 bits per heavy atom. The fraction of sp³-hybridized carbons (Fsp3) is 0.400. The van der Waals surface area contributed by atoms with Gasteiger partial charge in [0, 0.05) is 24.4 Å². The van der Waals surface area contributed by atoms with E-state index >= 15 is 0 Å². The van der Waals surface area contributed by atoms with E-state index in [0.29, 0.717) is 74.5 Å². The van der Waals surface area contributed by atoms with Gasteiger partial charge < -0.3 is 20.2 Å². The summed E-state index contributed by atoms with van der Waals surface area (Å²) < 4.78 is 0. The number of carbonyl (C=O) groups is 3. The van der Waals surface area contributed by atoms with E-state index in [1.165, 1.54) is 12.1 Å². The first-order valence-electron chi connectivity index (χ1n) is 13.6. The first-order valence-corrected chi connectivity index (χ1v) is 13.6. The number of nitro benzene ring substituents is 1. The van der Waals surface area contributed by atoms with Crippen LogP contribution in [-0.4, -0.2) is 76.6 Å². The number of non-ortho nitro benzene ring substituents is 1. The molecule has 0 bridgehead atoms. The Balaban J connectivity index is 1.48. The summed E-state index contributed by atoms with van der Waals surface area (Å²) in [7, 11) is 0. The molecule has 0 aliphatic carbocycles. The number of carbonyl (C=O) groups excluding carboxylic acids is 2. The molecule has 2 amide bonds. The van der Waals surface area contributed by atoms with Crippen molar-refractivity contribution in [3.05, 3.63) is 87.2 Å². The van der Waals surface area contributed by atoms with Gasteiger partial charge >= 0.3 is 5.97 Å². The van der Waals surface area contributed by atoms with Crippen LogP contribution in [-0.2, 0) is 19.8 Å². The zero-order chi connectivity index (χ0) is 29.6. The van der Waals surface area contributed by atoms with Crippen LogP contribution in [0, 0.1) is 10.1 Å². The molecule has 2 atom stereocenters. The summed E-state index contributed by atoms with van der Waals surface area (Å²) in [5.41, 5.74) is 2.52. The predicted molar refractivity (Wildman–Crippen MR) is 153 cm³/mol. The van der Waals surface area contributed by atoms with Crippen LogP contribution in [0.1, 0.15) is 50.2 Å². The first kappa shape index (κ1) is 29.6. The van der Waals surface area contributed by atoms with Gasteiger partial charge in [-0.15, -0.1) is 0 Å². The third-order valence-corrected chi connectivity index (χ3v) is 8.26. The van der Waals surface area contributed by atoms with Crippen molar-refractivity contribution in [2.24, 2.45) is 4.99 Å². The molecular formula is C30H35N5O6. The lowest BCUT2D eigenvalue weighted by molar-refractivity contribution is -0.384. The van der Waals surface area contributed by atoms with Crippen molar-refractivity contribution in [2.75, 3.05) is 26.2 Å². The number of aliphatic imine (C=N–C) groups is 1. The van der Waals surface area contributed by atoms with E-state index in [0.717, 1.165) is 12.0 Å².